The van der Waals surface area contributed by atoms with Gasteiger partial charge >= 0.3 is 0 Å². The molecule has 0 aromatic carbocycles. The maximum Gasteiger partial charge on any atom is 0.264 e. The number of aryl methyl sites for hydroxylation is 1. The molecule has 6 heteroatoms. The minimum absolute atomic E-state index is 0.166. The number of hydrogen-bond donors (Lipinski definition) is 1. The van der Waals surface area contributed by atoms with E-state index in [4.69, 9.17) is 4.74 Å². The Morgan fingerprint density at radius 2 is 2.26 bits per heavy atom. The van der Waals surface area contributed by atoms with Gasteiger partial charge in [-0.3, -0.25) is 9.59 Å². The summed E-state index contributed by atoms with van der Waals surface area (Å²) in [5.74, 6) is 0.179. The van der Waals surface area contributed by atoms with Crippen LogP contribution in [0, 0.1) is 5.41 Å². The summed E-state index contributed by atoms with van der Waals surface area (Å²) in [5.41, 5.74) is 0.698. The molecule has 2 aliphatic rings. The van der Waals surface area contributed by atoms with Crippen molar-refractivity contribution in [1.29, 1.82) is 0 Å². The van der Waals surface area contributed by atoms with Crippen molar-refractivity contribution < 1.29 is 9.53 Å². The van der Waals surface area contributed by atoms with Crippen molar-refractivity contribution in [3.05, 3.63) is 28.2 Å². The molecule has 1 aliphatic heterocycles. The van der Waals surface area contributed by atoms with Crippen molar-refractivity contribution in [2.24, 2.45) is 5.41 Å². The zero-order chi connectivity index (χ0) is 16.3. The molecule has 1 aromatic heterocycles. The molecule has 3 rings (SSSR count). The van der Waals surface area contributed by atoms with E-state index in [1.165, 1.54) is 12.5 Å². The van der Waals surface area contributed by atoms with Crippen LogP contribution in [0.15, 0.2) is 16.9 Å². The largest absolute Gasteiger partial charge is 0.381 e. The number of aromatic nitrogens is 2. The molecule has 0 bridgehead atoms. The smallest absolute Gasteiger partial charge is 0.264 e. The summed E-state index contributed by atoms with van der Waals surface area (Å²) in [6.07, 6.45) is 6.98. The second-order valence-corrected chi connectivity index (χ2v) is 6.81. The SMILES string of the molecule is CO[C@@H]1CCC[C@@]12CCCN(C(=O)CCc1ccc(=O)[nH]n1)C2. The standard InChI is InChI=1S/C17H25N3O3/c1-23-14-4-2-9-17(14)10-3-11-20(12-17)16(22)8-6-13-5-7-15(21)19-18-13/h5,7,14H,2-4,6,8-12H2,1H3,(H,19,21)/t14-,17+/m1/s1. The number of piperidine rings is 1. The Hall–Kier alpha value is -1.69. The number of rotatable bonds is 4. The monoisotopic (exact) mass is 319 g/mol. The highest BCUT2D eigenvalue weighted by atomic mass is 16.5. The zero-order valence-electron chi connectivity index (χ0n) is 13.7. The maximum absolute atomic E-state index is 12.6. The number of aromatic amines is 1. The van der Waals surface area contributed by atoms with Crippen molar-refractivity contribution in [3.63, 3.8) is 0 Å². The second-order valence-electron chi connectivity index (χ2n) is 6.81. The average Bonchev–Trinajstić information content (AvgIpc) is 2.95. The van der Waals surface area contributed by atoms with E-state index in [2.05, 4.69) is 10.2 Å². The van der Waals surface area contributed by atoms with Crippen LogP contribution in [-0.2, 0) is 16.0 Å². The number of hydrogen-bond acceptors (Lipinski definition) is 4. The third kappa shape index (κ3) is 3.47. The number of H-pyrrole nitrogens is 1. The van der Waals surface area contributed by atoms with Crippen molar-refractivity contribution in [3.8, 4) is 0 Å². The molecule has 0 radical (unpaired) electrons. The van der Waals surface area contributed by atoms with Crippen LogP contribution in [0.4, 0.5) is 0 Å². The van der Waals surface area contributed by atoms with Crippen LogP contribution >= 0.6 is 0 Å². The predicted molar refractivity (Wildman–Crippen MR) is 86.1 cm³/mol. The molecule has 23 heavy (non-hydrogen) atoms. The normalized spacial score (nSPS) is 27.5. The van der Waals surface area contributed by atoms with Gasteiger partial charge in [0.1, 0.15) is 0 Å². The Morgan fingerprint density at radius 3 is 3.00 bits per heavy atom. The van der Waals surface area contributed by atoms with Crippen molar-refractivity contribution in [2.45, 2.75) is 51.0 Å². The molecule has 6 nitrogen and oxygen atoms in total. The van der Waals surface area contributed by atoms with Crippen LogP contribution in [-0.4, -0.2) is 47.3 Å². The highest BCUT2D eigenvalue weighted by Crippen LogP contribution is 2.46. The Labute approximate surface area is 136 Å². The molecule has 1 spiro atoms. The van der Waals surface area contributed by atoms with Crippen LogP contribution in [0.1, 0.15) is 44.2 Å². The van der Waals surface area contributed by atoms with E-state index in [9.17, 15) is 9.59 Å². The third-order valence-corrected chi connectivity index (χ3v) is 5.40. The topological polar surface area (TPSA) is 75.3 Å². The van der Waals surface area contributed by atoms with Gasteiger partial charge in [-0.1, -0.05) is 6.42 Å². The first-order chi connectivity index (χ1) is 11.1. The van der Waals surface area contributed by atoms with Crippen LogP contribution in [0.5, 0.6) is 0 Å². The Balaban J connectivity index is 1.59. The van der Waals surface area contributed by atoms with Gasteiger partial charge in [-0.05, 0) is 31.7 Å². The molecule has 1 aromatic rings. The van der Waals surface area contributed by atoms with Gasteiger partial charge in [-0.25, -0.2) is 5.10 Å². The number of amides is 1. The fourth-order valence-electron chi connectivity index (χ4n) is 4.22. The molecular weight excluding hydrogens is 294 g/mol. The van der Waals surface area contributed by atoms with Crippen molar-refractivity contribution in [1.82, 2.24) is 15.1 Å². The summed E-state index contributed by atoms with van der Waals surface area (Å²) in [4.78, 5) is 25.6. The van der Waals surface area contributed by atoms with E-state index in [0.717, 1.165) is 44.5 Å². The number of carbonyl (C=O) groups excluding carboxylic acids is 1. The molecule has 1 saturated heterocycles. The first-order valence-electron chi connectivity index (χ1n) is 8.48. The lowest BCUT2D eigenvalue weighted by Gasteiger charge is -2.43. The lowest BCUT2D eigenvalue weighted by atomic mass is 9.76. The van der Waals surface area contributed by atoms with Crippen molar-refractivity contribution >= 4 is 5.91 Å². The van der Waals surface area contributed by atoms with Gasteiger partial charge < -0.3 is 9.64 Å². The van der Waals surface area contributed by atoms with Gasteiger partial charge in [0.25, 0.3) is 5.56 Å². The summed E-state index contributed by atoms with van der Waals surface area (Å²) < 4.78 is 5.69. The summed E-state index contributed by atoms with van der Waals surface area (Å²) >= 11 is 0. The van der Waals surface area contributed by atoms with E-state index < -0.39 is 0 Å². The number of carbonyl (C=O) groups is 1. The van der Waals surface area contributed by atoms with Gasteiger partial charge in [0.2, 0.25) is 5.91 Å². The average molecular weight is 319 g/mol. The van der Waals surface area contributed by atoms with Gasteiger partial charge in [0, 0.05) is 44.5 Å². The minimum Gasteiger partial charge on any atom is -0.381 e. The molecule has 1 N–H and O–H groups in total. The predicted octanol–water partition coefficient (Wildman–Crippen LogP) is 1.51. The van der Waals surface area contributed by atoms with E-state index in [-0.39, 0.29) is 16.9 Å². The highest BCUT2D eigenvalue weighted by Gasteiger charge is 2.46. The second kappa shape index (κ2) is 6.83. The molecule has 1 saturated carbocycles. The van der Waals surface area contributed by atoms with E-state index in [1.807, 2.05) is 4.90 Å². The molecule has 0 unspecified atom stereocenters. The molecule has 126 valence electrons. The van der Waals surface area contributed by atoms with Gasteiger partial charge in [0.05, 0.1) is 11.8 Å². The van der Waals surface area contributed by atoms with Crippen LogP contribution < -0.4 is 5.56 Å². The number of methoxy groups -OCH3 is 1. The number of likely N-dealkylation sites (tertiary alicyclic amines) is 1. The van der Waals surface area contributed by atoms with Gasteiger partial charge in [-0.15, -0.1) is 0 Å². The van der Waals surface area contributed by atoms with Crippen molar-refractivity contribution in [2.75, 3.05) is 20.2 Å². The summed E-state index contributed by atoms with van der Waals surface area (Å²) in [6, 6.07) is 3.13. The van der Waals surface area contributed by atoms with Gasteiger partial charge in [-0.2, -0.15) is 5.10 Å². The Bertz CT molecular complexity index is 595. The minimum atomic E-state index is -0.218. The Morgan fingerprint density at radius 1 is 1.43 bits per heavy atom. The first-order valence-corrected chi connectivity index (χ1v) is 8.48. The fourth-order valence-corrected chi connectivity index (χ4v) is 4.22. The van der Waals surface area contributed by atoms with E-state index in [1.54, 1.807) is 13.2 Å². The van der Waals surface area contributed by atoms with Gasteiger partial charge in [0.15, 0.2) is 0 Å². The molecule has 2 atom stereocenters. The quantitative estimate of drug-likeness (QED) is 0.913. The van der Waals surface area contributed by atoms with Crippen LogP contribution in [0.25, 0.3) is 0 Å². The lowest BCUT2D eigenvalue weighted by molar-refractivity contribution is -0.137. The summed E-state index contributed by atoms with van der Waals surface area (Å²) in [7, 11) is 1.79. The number of nitrogens with one attached hydrogen (secondary N) is 1. The molecular formula is C17H25N3O3. The third-order valence-electron chi connectivity index (χ3n) is 5.40. The zero-order valence-corrected chi connectivity index (χ0v) is 13.7. The van der Waals surface area contributed by atoms with Crippen LogP contribution in [0.3, 0.4) is 0 Å². The molecule has 2 fully saturated rings. The lowest BCUT2D eigenvalue weighted by Crippen LogP contribution is -2.49. The fraction of sp³-hybridized carbons (Fsp3) is 0.706. The molecule has 1 amide bonds. The molecule has 2 heterocycles. The first kappa shape index (κ1) is 16.2. The molecule has 1 aliphatic carbocycles. The van der Waals surface area contributed by atoms with E-state index in [0.29, 0.717) is 18.9 Å². The highest BCUT2D eigenvalue weighted by molar-refractivity contribution is 5.76. The Kier molecular flexibility index (Phi) is 4.80. The van der Waals surface area contributed by atoms with E-state index >= 15 is 0 Å². The maximum atomic E-state index is 12.6. The summed E-state index contributed by atoms with van der Waals surface area (Å²) in [5, 5.41) is 6.37. The van der Waals surface area contributed by atoms with Crippen LogP contribution in [0.2, 0.25) is 0 Å². The number of nitrogens with zero attached hydrogens (tertiary/aromatic N) is 2. The summed E-state index contributed by atoms with van der Waals surface area (Å²) in [6.45, 7) is 1.67. The number of ether oxygens (including phenoxy) is 1.